The predicted octanol–water partition coefficient (Wildman–Crippen LogP) is 1.82. The summed E-state index contributed by atoms with van der Waals surface area (Å²) in [5, 5.41) is 2.59. The second-order valence-corrected chi connectivity index (χ2v) is 8.08. The van der Waals surface area contributed by atoms with Crippen molar-refractivity contribution in [3.05, 3.63) is 48.4 Å². The number of carbonyl (C=O) groups excluding carboxylic acids is 2. The van der Waals surface area contributed by atoms with Crippen LogP contribution in [0.2, 0.25) is 0 Å². The van der Waals surface area contributed by atoms with E-state index < -0.39 is 10.0 Å². The summed E-state index contributed by atoms with van der Waals surface area (Å²) in [6.07, 6.45) is 2.50. The predicted molar refractivity (Wildman–Crippen MR) is 98.7 cm³/mol. The van der Waals surface area contributed by atoms with Gasteiger partial charge in [-0.1, -0.05) is 0 Å². The molecule has 1 aliphatic rings. The number of hydrogen-bond acceptors (Lipinski definition) is 5. The Morgan fingerprint density at radius 3 is 2.33 bits per heavy atom. The minimum Gasteiger partial charge on any atom is -0.459 e. The summed E-state index contributed by atoms with van der Waals surface area (Å²) in [5.41, 5.74) is 0.534. The SMILES string of the molecule is CC(=O)Nc1ccc(S(=O)(=O)NC2CCN(C(=O)c3ccco3)CC2)cc1. The molecule has 1 saturated heterocycles. The standard InChI is InChI=1S/C18H21N3O5S/c1-13(22)19-14-4-6-16(7-5-14)27(24,25)20-15-8-10-21(11-9-15)18(23)17-3-2-12-26-17/h2-7,12,15,20H,8-11H2,1H3,(H,19,22). The lowest BCUT2D eigenvalue weighted by atomic mass is 10.1. The molecule has 27 heavy (non-hydrogen) atoms. The van der Waals surface area contributed by atoms with Crippen LogP contribution in [0.3, 0.4) is 0 Å². The molecule has 0 saturated carbocycles. The molecular formula is C18H21N3O5S. The van der Waals surface area contributed by atoms with Crippen LogP contribution in [-0.4, -0.2) is 44.3 Å². The first-order chi connectivity index (χ1) is 12.8. The van der Waals surface area contributed by atoms with E-state index in [9.17, 15) is 18.0 Å². The van der Waals surface area contributed by atoms with E-state index in [2.05, 4.69) is 10.0 Å². The van der Waals surface area contributed by atoms with Crippen LogP contribution in [0, 0.1) is 0 Å². The van der Waals surface area contributed by atoms with Gasteiger partial charge >= 0.3 is 0 Å². The third kappa shape index (κ3) is 4.75. The third-order valence-corrected chi connectivity index (χ3v) is 5.86. The zero-order valence-corrected chi connectivity index (χ0v) is 15.7. The van der Waals surface area contributed by atoms with E-state index in [4.69, 9.17) is 4.42 Å². The molecule has 1 fully saturated rings. The molecule has 2 amide bonds. The summed E-state index contributed by atoms with van der Waals surface area (Å²) in [7, 11) is -3.67. The molecule has 1 aromatic carbocycles. The van der Waals surface area contributed by atoms with E-state index in [1.165, 1.54) is 25.3 Å². The van der Waals surface area contributed by atoms with E-state index in [0.29, 0.717) is 31.6 Å². The highest BCUT2D eigenvalue weighted by Crippen LogP contribution is 2.18. The van der Waals surface area contributed by atoms with Crippen LogP contribution in [0.1, 0.15) is 30.3 Å². The number of carbonyl (C=O) groups is 2. The molecule has 9 heteroatoms. The first-order valence-electron chi connectivity index (χ1n) is 8.58. The second-order valence-electron chi connectivity index (χ2n) is 6.37. The number of piperidine rings is 1. The quantitative estimate of drug-likeness (QED) is 0.808. The Kier molecular flexibility index (Phi) is 5.62. The average molecular weight is 391 g/mol. The molecule has 3 rings (SSSR count). The molecule has 0 radical (unpaired) electrons. The number of hydrogen-bond donors (Lipinski definition) is 2. The molecule has 0 atom stereocenters. The van der Waals surface area contributed by atoms with Crippen molar-refractivity contribution in [1.29, 1.82) is 0 Å². The molecule has 0 aliphatic carbocycles. The van der Waals surface area contributed by atoms with Crippen molar-refractivity contribution in [3.8, 4) is 0 Å². The van der Waals surface area contributed by atoms with Crippen molar-refractivity contribution in [1.82, 2.24) is 9.62 Å². The van der Waals surface area contributed by atoms with Gasteiger partial charge in [-0.15, -0.1) is 0 Å². The Hall–Kier alpha value is -2.65. The van der Waals surface area contributed by atoms with E-state index in [1.54, 1.807) is 29.2 Å². The van der Waals surface area contributed by atoms with Crippen LogP contribution in [0.25, 0.3) is 0 Å². The molecule has 2 aromatic rings. The van der Waals surface area contributed by atoms with E-state index in [0.717, 1.165) is 0 Å². The highest BCUT2D eigenvalue weighted by Gasteiger charge is 2.28. The van der Waals surface area contributed by atoms with Crippen molar-refractivity contribution < 1.29 is 22.4 Å². The van der Waals surface area contributed by atoms with Gasteiger partial charge in [-0.05, 0) is 49.2 Å². The molecule has 1 aromatic heterocycles. The van der Waals surface area contributed by atoms with Crippen molar-refractivity contribution in [2.45, 2.75) is 30.7 Å². The van der Waals surface area contributed by atoms with Crippen LogP contribution in [-0.2, 0) is 14.8 Å². The van der Waals surface area contributed by atoms with Crippen LogP contribution in [0.4, 0.5) is 5.69 Å². The number of amides is 2. The number of rotatable bonds is 5. The fourth-order valence-corrected chi connectivity index (χ4v) is 4.27. The minimum atomic E-state index is -3.67. The summed E-state index contributed by atoms with van der Waals surface area (Å²) < 4.78 is 32.9. The maximum atomic E-state index is 12.5. The zero-order chi connectivity index (χ0) is 19.4. The van der Waals surface area contributed by atoms with Gasteiger partial charge in [0, 0.05) is 31.7 Å². The van der Waals surface area contributed by atoms with Crippen molar-refractivity contribution >= 4 is 27.5 Å². The van der Waals surface area contributed by atoms with Crippen molar-refractivity contribution in [2.24, 2.45) is 0 Å². The summed E-state index contributed by atoms with van der Waals surface area (Å²) in [6.45, 7) is 2.29. The number of nitrogens with one attached hydrogen (secondary N) is 2. The topological polar surface area (TPSA) is 109 Å². The largest absolute Gasteiger partial charge is 0.459 e. The Bertz CT molecular complexity index is 899. The number of benzene rings is 1. The number of furan rings is 1. The van der Waals surface area contributed by atoms with Gasteiger partial charge in [-0.25, -0.2) is 13.1 Å². The fourth-order valence-electron chi connectivity index (χ4n) is 2.96. The third-order valence-electron chi connectivity index (χ3n) is 4.32. The molecule has 2 heterocycles. The molecule has 0 bridgehead atoms. The zero-order valence-electron chi connectivity index (χ0n) is 14.8. The van der Waals surface area contributed by atoms with E-state index in [1.807, 2.05) is 0 Å². The molecule has 8 nitrogen and oxygen atoms in total. The number of likely N-dealkylation sites (tertiary alicyclic amines) is 1. The highest BCUT2D eigenvalue weighted by molar-refractivity contribution is 7.89. The van der Waals surface area contributed by atoms with Crippen LogP contribution >= 0.6 is 0 Å². The van der Waals surface area contributed by atoms with Gasteiger partial charge in [0.1, 0.15) is 0 Å². The van der Waals surface area contributed by atoms with Gasteiger partial charge in [0.2, 0.25) is 15.9 Å². The second kappa shape index (κ2) is 7.93. The van der Waals surface area contributed by atoms with Gasteiger partial charge in [0.05, 0.1) is 11.2 Å². The monoisotopic (exact) mass is 391 g/mol. The maximum absolute atomic E-state index is 12.5. The normalized spacial score (nSPS) is 15.5. The first kappa shape index (κ1) is 19.1. The Labute approximate surface area is 157 Å². The Balaban J connectivity index is 1.57. The number of sulfonamides is 1. The molecule has 144 valence electrons. The van der Waals surface area contributed by atoms with Gasteiger partial charge in [-0.3, -0.25) is 9.59 Å². The van der Waals surface area contributed by atoms with Gasteiger partial charge in [0.25, 0.3) is 5.91 Å². The molecule has 1 aliphatic heterocycles. The van der Waals surface area contributed by atoms with Gasteiger partial charge < -0.3 is 14.6 Å². The smallest absolute Gasteiger partial charge is 0.289 e. The fraction of sp³-hybridized carbons (Fsp3) is 0.333. The summed E-state index contributed by atoms with van der Waals surface area (Å²) in [5.74, 6) is -0.122. The Morgan fingerprint density at radius 1 is 1.11 bits per heavy atom. The molecule has 2 N–H and O–H groups in total. The van der Waals surface area contributed by atoms with Crippen LogP contribution < -0.4 is 10.0 Å². The first-order valence-corrected chi connectivity index (χ1v) is 10.1. The number of nitrogens with zero attached hydrogens (tertiary/aromatic N) is 1. The lowest BCUT2D eigenvalue weighted by Crippen LogP contribution is -2.46. The maximum Gasteiger partial charge on any atom is 0.289 e. The average Bonchev–Trinajstić information content (AvgIpc) is 3.16. The summed E-state index contributed by atoms with van der Waals surface area (Å²) in [4.78, 5) is 25.1. The lowest BCUT2D eigenvalue weighted by molar-refractivity contribution is -0.114. The molecule has 0 spiro atoms. The number of anilines is 1. The Morgan fingerprint density at radius 2 is 1.78 bits per heavy atom. The van der Waals surface area contributed by atoms with Crippen LogP contribution in [0.5, 0.6) is 0 Å². The van der Waals surface area contributed by atoms with Crippen molar-refractivity contribution in [3.63, 3.8) is 0 Å². The molecule has 0 unspecified atom stereocenters. The molecular weight excluding hydrogens is 370 g/mol. The van der Waals surface area contributed by atoms with Crippen LogP contribution in [0.15, 0.2) is 52.0 Å². The summed E-state index contributed by atoms with van der Waals surface area (Å²) >= 11 is 0. The van der Waals surface area contributed by atoms with E-state index >= 15 is 0 Å². The van der Waals surface area contributed by atoms with Gasteiger partial charge in [-0.2, -0.15) is 0 Å². The lowest BCUT2D eigenvalue weighted by Gasteiger charge is -2.31. The highest BCUT2D eigenvalue weighted by atomic mass is 32.2. The van der Waals surface area contributed by atoms with Gasteiger partial charge in [0.15, 0.2) is 5.76 Å². The minimum absolute atomic E-state index is 0.130. The van der Waals surface area contributed by atoms with E-state index in [-0.39, 0.29) is 28.5 Å². The van der Waals surface area contributed by atoms with Crippen molar-refractivity contribution in [2.75, 3.05) is 18.4 Å². The summed E-state index contributed by atoms with van der Waals surface area (Å²) in [6, 6.07) is 9.01.